The summed E-state index contributed by atoms with van der Waals surface area (Å²) in [6.07, 6.45) is -0.0594. The van der Waals surface area contributed by atoms with Crippen LogP contribution in [0.5, 0.6) is 0 Å². The van der Waals surface area contributed by atoms with Crippen LogP contribution in [0.1, 0.15) is 0 Å². The van der Waals surface area contributed by atoms with Crippen LogP contribution in [-0.4, -0.2) is 32.5 Å². The third-order valence-electron chi connectivity index (χ3n) is 1.50. The van der Waals surface area contributed by atoms with E-state index in [0.717, 1.165) is 0 Å². The van der Waals surface area contributed by atoms with Crippen molar-refractivity contribution in [2.24, 2.45) is 5.11 Å². The Kier molecular flexibility index (Phi) is 2.50. The van der Waals surface area contributed by atoms with Gasteiger partial charge in [-0.2, -0.15) is 0 Å². The summed E-state index contributed by atoms with van der Waals surface area (Å²) in [5.41, 5.74) is 8.09. The largest absolute Gasteiger partial charge is 0.379 e. The first kappa shape index (κ1) is 7.34. The fourth-order valence-electron chi connectivity index (χ4n) is 0.922. The second kappa shape index (κ2) is 3.41. The monoisotopic (exact) mass is 143 g/mol. The predicted octanol–water partition coefficient (Wildman–Crippen LogP) is 0.710. The molecule has 0 radical (unpaired) electrons. The van der Waals surface area contributed by atoms with Crippen molar-refractivity contribution in [3.05, 3.63) is 10.4 Å². The topological polar surface area (TPSA) is 67.2 Å². The summed E-state index contributed by atoms with van der Waals surface area (Å²) in [7, 11) is 1.58. The molecule has 2 atom stereocenters. The number of rotatable bonds is 2. The number of hydrogen-bond acceptors (Lipinski definition) is 3. The van der Waals surface area contributed by atoms with Gasteiger partial charge in [-0.1, -0.05) is 5.11 Å². The second-order valence-corrected chi connectivity index (χ2v) is 2.08. The van der Waals surface area contributed by atoms with Gasteiger partial charge in [0, 0.05) is 12.0 Å². The molecule has 1 aliphatic rings. The fourth-order valence-corrected chi connectivity index (χ4v) is 0.922. The summed E-state index contributed by atoms with van der Waals surface area (Å²) in [5, 5.41) is 3.51. The summed E-state index contributed by atoms with van der Waals surface area (Å²) < 4.78 is 10.0. The Bertz CT molecular complexity index is 155. The highest BCUT2D eigenvalue weighted by Gasteiger charge is 2.26. The van der Waals surface area contributed by atoms with Gasteiger partial charge < -0.3 is 9.47 Å². The van der Waals surface area contributed by atoms with Gasteiger partial charge in [0.2, 0.25) is 0 Å². The van der Waals surface area contributed by atoms with Gasteiger partial charge in [-0.15, -0.1) is 0 Å². The third-order valence-corrected chi connectivity index (χ3v) is 1.50. The summed E-state index contributed by atoms with van der Waals surface area (Å²) in [4.78, 5) is 2.68. The molecule has 0 saturated carbocycles. The molecular formula is C5H9N3O2. The molecular weight excluding hydrogens is 134 g/mol. The molecule has 5 heteroatoms. The standard InChI is InChI=1S/C5H9N3O2/c1-9-5-3-10-2-4(5)7-8-6/h4-5H,2-3H2,1H3/t4-,5-/m1/s1. The van der Waals surface area contributed by atoms with E-state index >= 15 is 0 Å². The lowest BCUT2D eigenvalue weighted by Gasteiger charge is -2.08. The van der Waals surface area contributed by atoms with E-state index in [0.29, 0.717) is 13.2 Å². The Morgan fingerprint density at radius 1 is 1.70 bits per heavy atom. The molecule has 0 amide bonds. The zero-order valence-corrected chi connectivity index (χ0v) is 5.73. The molecule has 0 aromatic heterocycles. The quantitative estimate of drug-likeness (QED) is 0.324. The number of methoxy groups -OCH3 is 1. The lowest BCUT2D eigenvalue weighted by molar-refractivity contribution is 0.0778. The summed E-state index contributed by atoms with van der Waals surface area (Å²) >= 11 is 0. The maximum atomic E-state index is 8.09. The number of nitrogens with zero attached hydrogens (tertiary/aromatic N) is 3. The highest BCUT2D eigenvalue weighted by molar-refractivity contribution is 4.81. The minimum Gasteiger partial charge on any atom is -0.379 e. The Morgan fingerprint density at radius 3 is 3.10 bits per heavy atom. The average molecular weight is 143 g/mol. The first-order valence-corrected chi connectivity index (χ1v) is 3.03. The van der Waals surface area contributed by atoms with Crippen LogP contribution < -0.4 is 0 Å². The van der Waals surface area contributed by atoms with Crippen molar-refractivity contribution in [3.63, 3.8) is 0 Å². The Hall–Kier alpha value is -0.770. The first-order chi connectivity index (χ1) is 4.88. The van der Waals surface area contributed by atoms with Crippen LogP contribution in [0, 0.1) is 0 Å². The molecule has 0 unspecified atom stereocenters. The molecule has 1 saturated heterocycles. The third kappa shape index (κ3) is 1.39. The van der Waals surface area contributed by atoms with Crippen molar-refractivity contribution in [1.29, 1.82) is 0 Å². The van der Waals surface area contributed by atoms with Crippen molar-refractivity contribution in [1.82, 2.24) is 0 Å². The smallest absolute Gasteiger partial charge is 0.0911 e. The van der Waals surface area contributed by atoms with Crippen molar-refractivity contribution >= 4 is 0 Å². The van der Waals surface area contributed by atoms with E-state index < -0.39 is 0 Å². The predicted molar refractivity (Wildman–Crippen MR) is 34.5 cm³/mol. The van der Waals surface area contributed by atoms with Crippen molar-refractivity contribution in [2.45, 2.75) is 12.1 Å². The average Bonchev–Trinajstić information content (AvgIpc) is 2.36. The van der Waals surface area contributed by atoms with Crippen LogP contribution in [0.2, 0.25) is 0 Å². The number of ether oxygens (including phenoxy) is 2. The fraction of sp³-hybridized carbons (Fsp3) is 1.00. The van der Waals surface area contributed by atoms with Gasteiger partial charge in [-0.3, -0.25) is 0 Å². The molecule has 0 aromatic carbocycles. The molecule has 1 heterocycles. The molecule has 0 aliphatic carbocycles. The van der Waals surface area contributed by atoms with Gasteiger partial charge >= 0.3 is 0 Å². The molecule has 10 heavy (non-hydrogen) atoms. The maximum Gasteiger partial charge on any atom is 0.0911 e. The minimum atomic E-state index is -0.144. The lowest BCUT2D eigenvalue weighted by atomic mass is 10.2. The van der Waals surface area contributed by atoms with Crippen LogP contribution in [0.4, 0.5) is 0 Å². The van der Waals surface area contributed by atoms with E-state index in [2.05, 4.69) is 10.0 Å². The molecule has 1 rings (SSSR count). The minimum absolute atomic E-state index is 0.0594. The van der Waals surface area contributed by atoms with Gasteiger partial charge in [0.15, 0.2) is 0 Å². The highest BCUT2D eigenvalue weighted by Crippen LogP contribution is 2.11. The van der Waals surface area contributed by atoms with Gasteiger partial charge in [-0.05, 0) is 5.53 Å². The van der Waals surface area contributed by atoms with Gasteiger partial charge in [-0.25, -0.2) is 0 Å². The van der Waals surface area contributed by atoms with Crippen LogP contribution in [0.25, 0.3) is 10.4 Å². The molecule has 0 spiro atoms. The van der Waals surface area contributed by atoms with E-state index in [-0.39, 0.29) is 12.1 Å². The molecule has 1 fully saturated rings. The van der Waals surface area contributed by atoms with Crippen LogP contribution in [-0.2, 0) is 9.47 Å². The van der Waals surface area contributed by atoms with Crippen LogP contribution in [0.15, 0.2) is 5.11 Å². The number of azide groups is 1. The van der Waals surface area contributed by atoms with Crippen molar-refractivity contribution < 1.29 is 9.47 Å². The van der Waals surface area contributed by atoms with E-state index in [4.69, 9.17) is 15.0 Å². The van der Waals surface area contributed by atoms with E-state index in [1.54, 1.807) is 7.11 Å². The Labute approximate surface area is 58.6 Å². The second-order valence-electron chi connectivity index (χ2n) is 2.08. The summed E-state index contributed by atoms with van der Waals surface area (Å²) in [5.74, 6) is 0. The van der Waals surface area contributed by atoms with E-state index in [1.807, 2.05) is 0 Å². The Balaban J connectivity index is 2.49. The lowest BCUT2D eigenvalue weighted by Crippen LogP contribution is -2.23. The summed E-state index contributed by atoms with van der Waals surface area (Å²) in [6, 6.07) is -0.144. The molecule has 0 N–H and O–H groups in total. The van der Waals surface area contributed by atoms with Crippen LogP contribution in [0.3, 0.4) is 0 Å². The van der Waals surface area contributed by atoms with Gasteiger partial charge in [0.05, 0.1) is 25.4 Å². The van der Waals surface area contributed by atoms with Gasteiger partial charge in [0.25, 0.3) is 0 Å². The van der Waals surface area contributed by atoms with Crippen molar-refractivity contribution in [2.75, 3.05) is 20.3 Å². The number of hydrogen-bond donors (Lipinski definition) is 0. The van der Waals surface area contributed by atoms with E-state index in [9.17, 15) is 0 Å². The molecule has 0 aromatic rings. The molecule has 1 aliphatic heterocycles. The normalized spacial score (nSPS) is 31.7. The van der Waals surface area contributed by atoms with Crippen molar-refractivity contribution in [3.8, 4) is 0 Å². The Morgan fingerprint density at radius 2 is 2.50 bits per heavy atom. The van der Waals surface area contributed by atoms with E-state index in [1.165, 1.54) is 0 Å². The summed E-state index contributed by atoms with van der Waals surface area (Å²) in [6.45, 7) is 1.00. The first-order valence-electron chi connectivity index (χ1n) is 3.03. The van der Waals surface area contributed by atoms with Crippen LogP contribution >= 0.6 is 0 Å². The molecule has 0 bridgehead atoms. The highest BCUT2D eigenvalue weighted by atomic mass is 16.5. The molecule has 5 nitrogen and oxygen atoms in total. The zero-order chi connectivity index (χ0) is 7.40. The molecule has 56 valence electrons. The van der Waals surface area contributed by atoms with Gasteiger partial charge in [0.1, 0.15) is 0 Å². The zero-order valence-electron chi connectivity index (χ0n) is 5.73. The maximum absolute atomic E-state index is 8.09. The SMILES string of the molecule is CO[C@@H]1COC[C@H]1N=[N+]=[N-].